The zero-order valence-electron chi connectivity index (χ0n) is 7.30. The molecule has 11 heavy (non-hydrogen) atoms. The minimum absolute atomic E-state index is 0.168. The zero-order chi connectivity index (χ0) is 7.90. The first-order chi connectivity index (χ1) is 5.20. The summed E-state index contributed by atoms with van der Waals surface area (Å²) in [6.45, 7) is 4.25. The molecule has 0 aromatic rings. The van der Waals surface area contributed by atoms with Gasteiger partial charge in [0.05, 0.1) is 12.2 Å². The molecule has 2 unspecified atom stereocenters. The SMILES string of the molecule is CC1CCC2(CCC(C)O2)O1. The van der Waals surface area contributed by atoms with Gasteiger partial charge in [-0.2, -0.15) is 0 Å². The zero-order valence-corrected chi connectivity index (χ0v) is 7.30. The normalized spacial score (nSPS) is 50.7. The Hall–Kier alpha value is -0.0800. The van der Waals surface area contributed by atoms with Gasteiger partial charge < -0.3 is 9.47 Å². The lowest BCUT2D eigenvalue weighted by Gasteiger charge is -2.23. The van der Waals surface area contributed by atoms with E-state index >= 15 is 0 Å². The van der Waals surface area contributed by atoms with Crippen LogP contribution in [0.4, 0.5) is 0 Å². The molecule has 2 heterocycles. The van der Waals surface area contributed by atoms with Gasteiger partial charge in [0.25, 0.3) is 0 Å². The van der Waals surface area contributed by atoms with Crippen molar-refractivity contribution in [2.75, 3.05) is 0 Å². The Morgan fingerprint density at radius 1 is 1.00 bits per heavy atom. The summed E-state index contributed by atoms with van der Waals surface area (Å²) in [5, 5.41) is 0. The number of hydrogen-bond donors (Lipinski definition) is 0. The van der Waals surface area contributed by atoms with E-state index < -0.39 is 0 Å². The van der Waals surface area contributed by atoms with Crippen molar-refractivity contribution in [3.8, 4) is 0 Å². The van der Waals surface area contributed by atoms with E-state index in [2.05, 4.69) is 13.8 Å². The summed E-state index contributed by atoms with van der Waals surface area (Å²) < 4.78 is 11.5. The Kier molecular flexibility index (Phi) is 1.69. The molecule has 2 rings (SSSR count). The fourth-order valence-electron chi connectivity index (χ4n) is 2.09. The van der Waals surface area contributed by atoms with Gasteiger partial charge in [-0.3, -0.25) is 0 Å². The maximum Gasteiger partial charge on any atom is 0.169 e. The molecule has 0 saturated carbocycles. The lowest BCUT2D eigenvalue weighted by molar-refractivity contribution is -0.210. The highest BCUT2D eigenvalue weighted by Gasteiger charge is 2.44. The maximum absolute atomic E-state index is 5.76. The molecule has 64 valence electrons. The van der Waals surface area contributed by atoms with Crippen LogP contribution in [0.15, 0.2) is 0 Å². The highest BCUT2D eigenvalue weighted by Crippen LogP contribution is 2.41. The van der Waals surface area contributed by atoms with Crippen molar-refractivity contribution < 1.29 is 9.47 Å². The molecule has 2 aliphatic rings. The van der Waals surface area contributed by atoms with Gasteiger partial charge in [0.2, 0.25) is 0 Å². The van der Waals surface area contributed by atoms with Crippen LogP contribution in [0.5, 0.6) is 0 Å². The third-order valence-corrected chi connectivity index (χ3v) is 2.70. The minimum atomic E-state index is -0.168. The Bertz CT molecular complexity index is 138. The average molecular weight is 156 g/mol. The Balaban J connectivity index is 2.02. The summed E-state index contributed by atoms with van der Waals surface area (Å²) in [5.74, 6) is -0.168. The second kappa shape index (κ2) is 2.46. The van der Waals surface area contributed by atoms with Crippen LogP contribution < -0.4 is 0 Å². The quantitative estimate of drug-likeness (QED) is 0.534. The van der Waals surface area contributed by atoms with Gasteiger partial charge in [-0.15, -0.1) is 0 Å². The molecule has 0 aliphatic carbocycles. The average Bonchev–Trinajstić information content (AvgIpc) is 2.44. The first-order valence-corrected chi connectivity index (χ1v) is 4.56. The van der Waals surface area contributed by atoms with Crippen molar-refractivity contribution in [2.24, 2.45) is 0 Å². The molecular formula is C9H16O2. The standard InChI is InChI=1S/C9H16O2/c1-7-3-5-9(10-7)6-4-8(2)11-9/h7-8H,3-6H2,1-2H3. The highest BCUT2D eigenvalue weighted by molar-refractivity contribution is 4.85. The lowest BCUT2D eigenvalue weighted by atomic mass is 10.1. The van der Waals surface area contributed by atoms with E-state index in [0.717, 1.165) is 25.7 Å². The Labute approximate surface area is 67.9 Å². The maximum atomic E-state index is 5.76. The third-order valence-electron chi connectivity index (χ3n) is 2.70. The van der Waals surface area contributed by atoms with Gasteiger partial charge in [0, 0.05) is 12.8 Å². The third kappa shape index (κ3) is 1.30. The molecule has 2 heteroatoms. The van der Waals surface area contributed by atoms with E-state index in [1.807, 2.05) is 0 Å². The second-order valence-corrected chi connectivity index (χ2v) is 3.84. The number of rotatable bonds is 0. The van der Waals surface area contributed by atoms with Crippen molar-refractivity contribution >= 4 is 0 Å². The molecule has 2 aliphatic heterocycles. The van der Waals surface area contributed by atoms with Gasteiger partial charge in [0.15, 0.2) is 5.79 Å². The van der Waals surface area contributed by atoms with E-state index in [9.17, 15) is 0 Å². The van der Waals surface area contributed by atoms with Crippen LogP contribution in [0.1, 0.15) is 39.5 Å². The molecule has 0 bridgehead atoms. The highest BCUT2D eigenvalue weighted by atomic mass is 16.7. The van der Waals surface area contributed by atoms with Gasteiger partial charge in [0.1, 0.15) is 0 Å². The largest absolute Gasteiger partial charge is 0.347 e. The molecule has 2 nitrogen and oxygen atoms in total. The number of hydrogen-bond acceptors (Lipinski definition) is 2. The molecule has 0 radical (unpaired) electrons. The molecule has 0 aromatic heterocycles. The van der Waals surface area contributed by atoms with Crippen molar-refractivity contribution in [1.82, 2.24) is 0 Å². The summed E-state index contributed by atoms with van der Waals surface area (Å²) in [7, 11) is 0. The molecule has 0 amide bonds. The topological polar surface area (TPSA) is 18.5 Å². The van der Waals surface area contributed by atoms with E-state index in [0.29, 0.717) is 12.2 Å². The predicted molar refractivity (Wildman–Crippen MR) is 42.3 cm³/mol. The van der Waals surface area contributed by atoms with E-state index in [1.54, 1.807) is 0 Å². The minimum Gasteiger partial charge on any atom is -0.347 e. The summed E-state index contributed by atoms with van der Waals surface area (Å²) in [4.78, 5) is 0. The van der Waals surface area contributed by atoms with Crippen LogP contribution in [0.3, 0.4) is 0 Å². The van der Waals surface area contributed by atoms with Crippen LogP contribution in [-0.2, 0) is 9.47 Å². The van der Waals surface area contributed by atoms with E-state index in [1.165, 1.54) is 0 Å². The van der Waals surface area contributed by atoms with Crippen LogP contribution in [0.2, 0.25) is 0 Å². The summed E-state index contributed by atoms with van der Waals surface area (Å²) >= 11 is 0. The first-order valence-electron chi connectivity index (χ1n) is 4.56. The van der Waals surface area contributed by atoms with Gasteiger partial charge >= 0.3 is 0 Å². The van der Waals surface area contributed by atoms with Crippen LogP contribution >= 0.6 is 0 Å². The molecular weight excluding hydrogens is 140 g/mol. The molecule has 2 fully saturated rings. The van der Waals surface area contributed by atoms with Gasteiger partial charge in [-0.05, 0) is 26.7 Å². The van der Waals surface area contributed by atoms with Crippen molar-refractivity contribution in [1.29, 1.82) is 0 Å². The van der Waals surface area contributed by atoms with Crippen molar-refractivity contribution in [3.05, 3.63) is 0 Å². The van der Waals surface area contributed by atoms with Crippen molar-refractivity contribution in [2.45, 2.75) is 57.5 Å². The molecule has 2 atom stereocenters. The van der Waals surface area contributed by atoms with Crippen LogP contribution in [0.25, 0.3) is 0 Å². The van der Waals surface area contributed by atoms with Crippen molar-refractivity contribution in [3.63, 3.8) is 0 Å². The fourth-order valence-corrected chi connectivity index (χ4v) is 2.09. The molecule has 2 saturated heterocycles. The van der Waals surface area contributed by atoms with Crippen LogP contribution in [0, 0.1) is 0 Å². The van der Waals surface area contributed by atoms with Crippen LogP contribution in [-0.4, -0.2) is 18.0 Å². The fraction of sp³-hybridized carbons (Fsp3) is 1.00. The molecule has 0 aromatic carbocycles. The summed E-state index contributed by atoms with van der Waals surface area (Å²) in [6.07, 6.45) is 5.32. The van der Waals surface area contributed by atoms with Gasteiger partial charge in [-0.1, -0.05) is 0 Å². The van der Waals surface area contributed by atoms with E-state index in [4.69, 9.17) is 9.47 Å². The number of ether oxygens (including phenoxy) is 2. The van der Waals surface area contributed by atoms with Gasteiger partial charge in [-0.25, -0.2) is 0 Å². The molecule has 0 N–H and O–H groups in total. The van der Waals surface area contributed by atoms with E-state index in [-0.39, 0.29) is 5.79 Å². The Morgan fingerprint density at radius 2 is 1.45 bits per heavy atom. The Morgan fingerprint density at radius 3 is 1.73 bits per heavy atom. The summed E-state index contributed by atoms with van der Waals surface area (Å²) in [5.41, 5.74) is 0. The lowest BCUT2D eigenvalue weighted by Crippen LogP contribution is -2.28. The summed E-state index contributed by atoms with van der Waals surface area (Å²) in [6, 6.07) is 0. The smallest absolute Gasteiger partial charge is 0.169 e. The molecule has 1 spiro atoms. The monoisotopic (exact) mass is 156 g/mol. The first kappa shape index (κ1) is 7.56. The predicted octanol–water partition coefficient (Wildman–Crippen LogP) is 2.08. The second-order valence-electron chi connectivity index (χ2n) is 3.84.